The summed E-state index contributed by atoms with van der Waals surface area (Å²) in [5.41, 5.74) is 0.121. The van der Waals surface area contributed by atoms with Crippen molar-refractivity contribution in [2.45, 2.75) is 20.3 Å². The summed E-state index contributed by atoms with van der Waals surface area (Å²) in [6, 6.07) is 2.57. The highest BCUT2D eigenvalue weighted by atomic mass is 16.6. The fourth-order valence-electron chi connectivity index (χ4n) is 2.06. The maximum Gasteiger partial charge on any atom is 0.323 e. The molecular formula is C13H19N3O5. The van der Waals surface area contributed by atoms with E-state index in [1.807, 2.05) is 13.8 Å². The summed E-state index contributed by atoms with van der Waals surface area (Å²) in [6.45, 7) is 3.79. The molecule has 8 heteroatoms. The highest BCUT2D eigenvalue weighted by Crippen LogP contribution is 2.15. The van der Waals surface area contributed by atoms with E-state index < -0.39 is 22.7 Å². The summed E-state index contributed by atoms with van der Waals surface area (Å²) < 4.78 is 1.16. The second-order valence-electron chi connectivity index (χ2n) is 5.27. The minimum absolute atomic E-state index is 0.00861. The van der Waals surface area contributed by atoms with Gasteiger partial charge in [-0.3, -0.25) is 9.59 Å². The van der Waals surface area contributed by atoms with Gasteiger partial charge in [-0.1, -0.05) is 13.8 Å². The number of rotatable bonds is 7. The Kier molecular flexibility index (Phi) is 5.45. The number of nitrogens with zero attached hydrogens (tertiary/aromatic N) is 2. The lowest BCUT2D eigenvalue weighted by Gasteiger charge is -2.15. The van der Waals surface area contributed by atoms with Crippen molar-refractivity contribution in [3.63, 3.8) is 0 Å². The van der Waals surface area contributed by atoms with E-state index in [4.69, 9.17) is 5.11 Å². The van der Waals surface area contributed by atoms with Gasteiger partial charge in [0.25, 0.3) is 5.91 Å². The predicted molar refractivity (Wildman–Crippen MR) is 75.0 cm³/mol. The van der Waals surface area contributed by atoms with E-state index >= 15 is 0 Å². The first-order valence-corrected chi connectivity index (χ1v) is 6.55. The largest absolute Gasteiger partial charge is 0.481 e. The molecule has 0 radical (unpaired) electrons. The molecule has 0 saturated carbocycles. The van der Waals surface area contributed by atoms with Crippen molar-refractivity contribution in [2.24, 2.45) is 18.9 Å². The van der Waals surface area contributed by atoms with Crippen molar-refractivity contribution in [1.82, 2.24) is 9.88 Å². The van der Waals surface area contributed by atoms with E-state index in [0.717, 1.165) is 4.57 Å². The van der Waals surface area contributed by atoms with Crippen LogP contribution < -0.4 is 5.32 Å². The van der Waals surface area contributed by atoms with Crippen LogP contribution in [0.1, 0.15) is 30.8 Å². The van der Waals surface area contributed by atoms with Crippen LogP contribution in [0.3, 0.4) is 0 Å². The number of nitro groups is 1. The zero-order valence-corrected chi connectivity index (χ0v) is 12.2. The second-order valence-corrected chi connectivity index (χ2v) is 5.27. The average molecular weight is 297 g/mol. The molecule has 21 heavy (non-hydrogen) atoms. The number of nitrogens with one attached hydrogen (secondary N) is 1. The van der Waals surface area contributed by atoms with Gasteiger partial charge in [-0.25, -0.2) is 4.57 Å². The van der Waals surface area contributed by atoms with Gasteiger partial charge in [0.05, 0.1) is 13.0 Å². The molecule has 0 aliphatic rings. The van der Waals surface area contributed by atoms with Gasteiger partial charge in [0.15, 0.2) is 5.69 Å². The Morgan fingerprint density at radius 1 is 1.43 bits per heavy atom. The Labute approximate surface area is 121 Å². The first-order chi connectivity index (χ1) is 9.73. The summed E-state index contributed by atoms with van der Waals surface area (Å²) in [7, 11) is 1.41. The lowest BCUT2D eigenvalue weighted by atomic mass is 9.97. The molecule has 1 aromatic rings. The zero-order valence-electron chi connectivity index (χ0n) is 12.2. The van der Waals surface area contributed by atoms with Crippen molar-refractivity contribution >= 4 is 17.7 Å². The van der Waals surface area contributed by atoms with Crippen LogP contribution >= 0.6 is 0 Å². The Bertz CT molecular complexity index is 550. The maximum atomic E-state index is 12.0. The third kappa shape index (κ3) is 4.30. The number of carbonyl (C=O) groups excluding carboxylic acids is 1. The smallest absolute Gasteiger partial charge is 0.323 e. The van der Waals surface area contributed by atoms with Crippen LogP contribution in [0.2, 0.25) is 0 Å². The normalized spacial score (nSPS) is 12.2. The molecule has 0 spiro atoms. The van der Waals surface area contributed by atoms with Crippen LogP contribution in [0.5, 0.6) is 0 Å². The van der Waals surface area contributed by atoms with E-state index in [2.05, 4.69) is 5.32 Å². The van der Waals surface area contributed by atoms with Gasteiger partial charge < -0.3 is 20.5 Å². The molecule has 1 heterocycles. The number of hydrogen-bond acceptors (Lipinski definition) is 4. The number of carboxylic acid groups (broad SMARTS) is 1. The summed E-state index contributed by atoms with van der Waals surface area (Å²) in [5, 5.41) is 22.3. The fourth-order valence-corrected chi connectivity index (χ4v) is 2.06. The molecule has 0 fully saturated rings. The molecule has 0 aromatic carbocycles. The Morgan fingerprint density at radius 2 is 2.05 bits per heavy atom. The van der Waals surface area contributed by atoms with Crippen LogP contribution in [0, 0.1) is 22.0 Å². The van der Waals surface area contributed by atoms with E-state index in [1.54, 1.807) is 0 Å². The molecule has 0 bridgehead atoms. The average Bonchev–Trinajstić information content (AvgIpc) is 2.75. The van der Waals surface area contributed by atoms with Crippen LogP contribution in [-0.2, 0) is 11.8 Å². The zero-order chi connectivity index (χ0) is 16.2. The van der Waals surface area contributed by atoms with E-state index in [1.165, 1.54) is 19.2 Å². The van der Waals surface area contributed by atoms with Crippen molar-refractivity contribution in [3.8, 4) is 0 Å². The molecule has 0 aliphatic carbocycles. The van der Waals surface area contributed by atoms with Crippen LogP contribution in [0.15, 0.2) is 12.1 Å². The molecule has 8 nitrogen and oxygen atoms in total. The third-order valence-electron chi connectivity index (χ3n) is 3.13. The second kappa shape index (κ2) is 6.87. The van der Waals surface area contributed by atoms with Gasteiger partial charge in [0.2, 0.25) is 0 Å². The van der Waals surface area contributed by atoms with Crippen molar-refractivity contribution in [3.05, 3.63) is 27.9 Å². The highest BCUT2D eigenvalue weighted by Gasteiger charge is 2.23. The number of aromatic nitrogens is 1. The lowest BCUT2D eigenvalue weighted by molar-refractivity contribution is -0.391. The Balaban J connectivity index is 2.73. The topological polar surface area (TPSA) is 114 Å². The molecule has 2 N–H and O–H groups in total. The molecular weight excluding hydrogens is 278 g/mol. The third-order valence-corrected chi connectivity index (χ3v) is 3.13. The molecule has 1 atom stereocenters. The standard InChI is InChI=1S/C13H19N3O5/c1-8(2)6-9(13(18)19)7-14-12(17)10-4-5-11(15(10)3)16(20)21/h4-5,8-9H,6-7H2,1-3H3,(H,14,17)(H,18,19). The molecule has 1 aromatic heterocycles. The molecule has 1 rings (SSSR count). The molecule has 0 aliphatic heterocycles. The van der Waals surface area contributed by atoms with Gasteiger partial charge in [0.1, 0.15) is 0 Å². The molecule has 1 unspecified atom stereocenters. The predicted octanol–water partition coefficient (Wildman–Crippen LogP) is 1.41. The number of carboxylic acids is 1. The van der Waals surface area contributed by atoms with Crippen molar-refractivity contribution in [2.75, 3.05) is 6.54 Å². The van der Waals surface area contributed by atoms with Gasteiger partial charge in [-0.2, -0.15) is 0 Å². The summed E-state index contributed by atoms with van der Waals surface area (Å²) in [5.74, 6) is -2.18. The number of aliphatic carboxylic acids is 1. The minimum Gasteiger partial charge on any atom is -0.481 e. The van der Waals surface area contributed by atoms with Crippen LogP contribution in [0.4, 0.5) is 5.82 Å². The summed E-state index contributed by atoms with van der Waals surface area (Å²) in [6.07, 6.45) is 0.447. The Hall–Kier alpha value is -2.38. The van der Waals surface area contributed by atoms with Crippen molar-refractivity contribution < 1.29 is 19.6 Å². The van der Waals surface area contributed by atoms with E-state index in [-0.39, 0.29) is 24.0 Å². The lowest BCUT2D eigenvalue weighted by Crippen LogP contribution is -2.34. The van der Waals surface area contributed by atoms with Crippen LogP contribution in [0.25, 0.3) is 0 Å². The molecule has 116 valence electrons. The van der Waals surface area contributed by atoms with Gasteiger partial charge in [-0.15, -0.1) is 0 Å². The molecule has 1 amide bonds. The quantitative estimate of drug-likeness (QED) is 0.583. The van der Waals surface area contributed by atoms with Gasteiger partial charge in [0, 0.05) is 12.6 Å². The summed E-state index contributed by atoms with van der Waals surface area (Å²) >= 11 is 0. The van der Waals surface area contributed by atoms with Crippen molar-refractivity contribution in [1.29, 1.82) is 0 Å². The summed E-state index contributed by atoms with van der Waals surface area (Å²) in [4.78, 5) is 33.2. The first-order valence-electron chi connectivity index (χ1n) is 6.55. The van der Waals surface area contributed by atoms with Crippen LogP contribution in [-0.4, -0.2) is 33.0 Å². The van der Waals surface area contributed by atoms with Gasteiger partial charge in [-0.05, 0) is 23.3 Å². The monoisotopic (exact) mass is 297 g/mol. The van der Waals surface area contributed by atoms with Gasteiger partial charge >= 0.3 is 11.8 Å². The number of hydrogen-bond donors (Lipinski definition) is 2. The number of carbonyl (C=O) groups is 2. The maximum absolute atomic E-state index is 12.0. The molecule has 0 saturated heterocycles. The highest BCUT2D eigenvalue weighted by molar-refractivity contribution is 5.93. The number of amides is 1. The Morgan fingerprint density at radius 3 is 2.48 bits per heavy atom. The van der Waals surface area contributed by atoms with E-state index in [0.29, 0.717) is 6.42 Å². The van der Waals surface area contributed by atoms with E-state index in [9.17, 15) is 19.7 Å². The fraction of sp³-hybridized carbons (Fsp3) is 0.538. The SMILES string of the molecule is CC(C)CC(CNC(=O)c1ccc([N+](=O)[O-])n1C)C(=O)O. The first kappa shape index (κ1) is 16.7. The minimum atomic E-state index is -0.970.